The third-order valence-corrected chi connectivity index (χ3v) is 4.11. The normalized spacial score (nSPS) is 10.6. The van der Waals surface area contributed by atoms with Gasteiger partial charge in [0.25, 0.3) is 5.69 Å². The third kappa shape index (κ3) is 3.08. The first-order chi connectivity index (χ1) is 9.93. The molecule has 2 rings (SSSR count). The smallest absolute Gasteiger partial charge is 0.348 e. The van der Waals surface area contributed by atoms with E-state index in [2.05, 4.69) is 4.98 Å². The molecule has 0 aliphatic rings. The summed E-state index contributed by atoms with van der Waals surface area (Å²) in [5.74, 6) is -1.06. The molecular formula is C14H14N2O4S. The number of thiazole rings is 1. The Balaban J connectivity index is 2.57. The van der Waals surface area contributed by atoms with Crippen LogP contribution in [-0.2, 0) is 6.42 Å². The SMILES string of the molecule is CCCc1nc(-c2ccc(C)c([N+](=O)[O-])c2)c(C(=O)O)s1. The number of aromatic nitrogens is 1. The van der Waals surface area contributed by atoms with Crippen molar-refractivity contribution in [3.8, 4) is 11.3 Å². The largest absolute Gasteiger partial charge is 0.477 e. The van der Waals surface area contributed by atoms with Crippen LogP contribution in [0, 0.1) is 17.0 Å². The van der Waals surface area contributed by atoms with E-state index in [0.717, 1.165) is 22.8 Å². The van der Waals surface area contributed by atoms with E-state index in [0.29, 0.717) is 23.2 Å². The molecule has 21 heavy (non-hydrogen) atoms. The zero-order valence-electron chi connectivity index (χ0n) is 11.6. The maximum Gasteiger partial charge on any atom is 0.348 e. The number of hydrogen-bond acceptors (Lipinski definition) is 5. The summed E-state index contributed by atoms with van der Waals surface area (Å²) in [6.45, 7) is 3.63. The molecule has 6 nitrogen and oxygen atoms in total. The Morgan fingerprint density at radius 2 is 2.19 bits per heavy atom. The molecule has 0 unspecified atom stereocenters. The van der Waals surface area contributed by atoms with Gasteiger partial charge in [0.05, 0.1) is 15.6 Å². The first-order valence-corrected chi connectivity index (χ1v) is 7.24. The van der Waals surface area contributed by atoms with Gasteiger partial charge in [-0.1, -0.05) is 19.1 Å². The van der Waals surface area contributed by atoms with Crippen molar-refractivity contribution in [1.82, 2.24) is 4.98 Å². The highest BCUT2D eigenvalue weighted by molar-refractivity contribution is 7.14. The predicted octanol–water partition coefficient (Wildman–Crippen LogP) is 3.68. The molecule has 1 heterocycles. The highest BCUT2D eigenvalue weighted by atomic mass is 32.1. The number of hydrogen-bond donors (Lipinski definition) is 1. The molecule has 2 aromatic rings. The molecule has 1 N–H and O–H groups in total. The molecule has 0 aliphatic heterocycles. The number of nitrogens with zero attached hydrogens (tertiary/aromatic N) is 2. The summed E-state index contributed by atoms with van der Waals surface area (Å²) in [5.41, 5.74) is 1.26. The summed E-state index contributed by atoms with van der Waals surface area (Å²) >= 11 is 1.12. The minimum absolute atomic E-state index is 0.0334. The molecule has 0 radical (unpaired) electrons. The second kappa shape index (κ2) is 6.01. The molecule has 0 fully saturated rings. The fourth-order valence-electron chi connectivity index (χ4n) is 1.98. The van der Waals surface area contributed by atoms with E-state index >= 15 is 0 Å². The van der Waals surface area contributed by atoms with E-state index in [1.54, 1.807) is 19.1 Å². The predicted molar refractivity (Wildman–Crippen MR) is 79.9 cm³/mol. The van der Waals surface area contributed by atoms with Gasteiger partial charge >= 0.3 is 5.97 Å². The lowest BCUT2D eigenvalue weighted by molar-refractivity contribution is -0.385. The molecule has 110 valence electrons. The van der Waals surface area contributed by atoms with Crippen molar-refractivity contribution >= 4 is 23.0 Å². The molecule has 1 aromatic heterocycles. The Bertz CT molecular complexity index is 709. The summed E-state index contributed by atoms with van der Waals surface area (Å²) in [6.07, 6.45) is 1.55. The minimum Gasteiger partial charge on any atom is -0.477 e. The second-order valence-corrected chi connectivity index (χ2v) is 5.68. The topological polar surface area (TPSA) is 93.3 Å². The number of nitro benzene ring substituents is 1. The number of benzene rings is 1. The van der Waals surface area contributed by atoms with E-state index in [1.807, 2.05) is 6.92 Å². The Hall–Kier alpha value is -2.28. The molecule has 1 aromatic carbocycles. The molecule has 0 atom stereocenters. The van der Waals surface area contributed by atoms with Crippen molar-refractivity contribution in [3.63, 3.8) is 0 Å². The molecule has 7 heteroatoms. The summed E-state index contributed by atoms with van der Waals surface area (Å²) in [5, 5.41) is 21.0. The standard InChI is InChI=1S/C14H14N2O4S/c1-3-4-11-15-12(13(21-11)14(17)18)9-6-5-8(2)10(7-9)16(19)20/h5-7H,3-4H2,1-2H3,(H,17,18). The number of carboxylic acids is 1. The van der Waals surface area contributed by atoms with Gasteiger partial charge in [0, 0.05) is 17.2 Å². The summed E-state index contributed by atoms with van der Waals surface area (Å²) in [7, 11) is 0. The number of carbonyl (C=O) groups is 1. The van der Waals surface area contributed by atoms with Gasteiger partial charge in [-0.2, -0.15) is 0 Å². The molecule has 0 saturated carbocycles. The fraction of sp³-hybridized carbons (Fsp3) is 0.286. The minimum atomic E-state index is -1.06. The van der Waals surface area contributed by atoms with Crippen LogP contribution in [0.2, 0.25) is 0 Å². The van der Waals surface area contributed by atoms with Gasteiger partial charge < -0.3 is 5.11 Å². The average Bonchev–Trinajstić information content (AvgIpc) is 2.83. The van der Waals surface area contributed by atoms with Gasteiger partial charge in [0.15, 0.2) is 0 Å². The number of aryl methyl sites for hydroxylation is 2. The van der Waals surface area contributed by atoms with Gasteiger partial charge in [0.1, 0.15) is 4.88 Å². The first kappa shape index (κ1) is 15.1. The van der Waals surface area contributed by atoms with Gasteiger partial charge in [-0.05, 0) is 19.8 Å². The Morgan fingerprint density at radius 3 is 2.76 bits per heavy atom. The van der Waals surface area contributed by atoms with Crippen molar-refractivity contribution in [2.45, 2.75) is 26.7 Å². The van der Waals surface area contributed by atoms with Gasteiger partial charge in [-0.15, -0.1) is 11.3 Å². The lowest BCUT2D eigenvalue weighted by Gasteiger charge is -2.02. The van der Waals surface area contributed by atoms with Crippen LogP contribution < -0.4 is 0 Å². The maximum atomic E-state index is 11.3. The van der Waals surface area contributed by atoms with Gasteiger partial charge in [-0.25, -0.2) is 9.78 Å². The average molecular weight is 306 g/mol. The van der Waals surface area contributed by atoms with Crippen LogP contribution in [0.1, 0.15) is 33.6 Å². The first-order valence-electron chi connectivity index (χ1n) is 6.42. The van der Waals surface area contributed by atoms with Crippen LogP contribution in [-0.4, -0.2) is 21.0 Å². The summed E-state index contributed by atoms with van der Waals surface area (Å²) in [6, 6.07) is 4.66. The lowest BCUT2D eigenvalue weighted by atomic mass is 10.1. The van der Waals surface area contributed by atoms with Crippen LogP contribution in [0.5, 0.6) is 0 Å². The molecule has 0 bridgehead atoms. The number of aromatic carboxylic acids is 1. The maximum absolute atomic E-state index is 11.3. The fourth-order valence-corrected chi connectivity index (χ4v) is 3.01. The Morgan fingerprint density at radius 1 is 1.48 bits per heavy atom. The van der Waals surface area contributed by atoms with Crippen molar-refractivity contribution in [2.75, 3.05) is 0 Å². The second-order valence-electron chi connectivity index (χ2n) is 4.60. The molecule has 0 spiro atoms. The summed E-state index contributed by atoms with van der Waals surface area (Å²) < 4.78 is 0. The van der Waals surface area contributed by atoms with Crippen LogP contribution in [0.3, 0.4) is 0 Å². The monoisotopic (exact) mass is 306 g/mol. The van der Waals surface area contributed by atoms with Crippen molar-refractivity contribution in [1.29, 1.82) is 0 Å². The van der Waals surface area contributed by atoms with E-state index in [1.165, 1.54) is 6.07 Å². The third-order valence-electron chi connectivity index (χ3n) is 3.01. The van der Waals surface area contributed by atoms with Gasteiger partial charge in [0.2, 0.25) is 0 Å². The van der Waals surface area contributed by atoms with E-state index in [4.69, 9.17) is 0 Å². The van der Waals surface area contributed by atoms with E-state index < -0.39 is 10.9 Å². The number of rotatable bonds is 5. The number of carboxylic acid groups (broad SMARTS) is 1. The zero-order valence-corrected chi connectivity index (χ0v) is 12.4. The molecule has 0 amide bonds. The van der Waals surface area contributed by atoms with Crippen molar-refractivity contribution in [3.05, 3.63) is 43.8 Å². The van der Waals surface area contributed by atoms with Crippen molar-refractivity contribution in [2.24, 2.45) is 0 Å². The Kier molecular flexibility index (Phi) is 4.32. The molecule has 0 aliphatic carbocycles. The highest BCUT2D eigenvalue weighted by Gasteiger charge is 2.21. The van der Waals surface area contributed by atoms with E-state index in [-0.39, 0.29) is 10.6 Å². The summed E-state index contributed by atoms with van der Waals surface area (Å²) in [4.78, 5) is 26.3. The van der Waals surface area contributed by atoms with Gasteiger partial charge in [-0.3, -0.25) is 10.1 Å². The van der Waals surface area contributed by atoms with Crippen LogP contribution >= 0.6 is 11.3 Å². The van der Waals surface area contributed by atoms with Crippen LogP contribution in [0.25, 0.3) is 11.3 Å². The highest BCUT2D eigenvalue weighted by Crippen LogP contribution is 2.32. The Labute approximate surface area is 125 Å². The zero-order chi connectivity index (χ0) is 15.6. The number of nitro groups is 1. The van der Waals surface area contributed by atoms with E-state index in [9.17, 15) is 20.0 Å². The van der Waals surface area contributed by atoms with Crippen LogP contribution in [0.15, 0.2) is 18.2 Å². The quantitative estimate of drug-likeness (QED) is 0.671. The van der Waals surface area contributed by atoms with Crippen molar-refractivity contribution < 1.29 is 14.8 Å². The van der Waals surface area contributed by atoms with Crippen LogP contribution in [0.4, 0.5) is 5.69 Å². The molecular weight excluding hydrogens is 292 g/mol. The molecule has 0 saturated heterocycles. The lowest BCUT2D eigenvalue weighted by Crippen LogP contribution is -1.97.